The predicted octanol–water partition coefficient (Wildman–Crippen LogP) is 1.72. The number of carbonyl (C=O) groups excluding carboxylic acids is 2. The molecule has 26 heavy (non-hydrogen) atoms. The summed E-state index contributed by atoms with van der Waals surface area (Å²) in [6.45, 7) is 2.95. The number of nitrogens with zero attached hydrogens (tertiary/aromatic N) is 3. The van der Waals surface area contributed by atoms with Gasteiger partial charge in [0.15, 0.2) is 11.6 Å². The summed E-state index contributed by atoms with van der Waals surface area (Å²) in [6, 6.07) is 1.64. The Morgan fingerprint density at radius 3 is 2.81 bits per heavy atom. The molecule has 1 aliphatic heterocycles. The van der Waals surface area contributed by atoms with Gasteiger partial charge in [0.25, 0.3) is 11.8 Å². The largest absolute Gasteiger partial charge is 0.459 e. The molecule has 0 bridgehead atoms. The number of nitrogens with one attached hydrogen (secondary N) is 1. The Balaban J connectivity index is 1.72. The van der Waals surface area contributed by atoms with Crippen molar-refractivity contribution in [3.8, 4) is 0 Å². The van der Waals surface area contributed by atoms with Gasteiger partial charge in [0.1, 0.15) is 5.56 Å². The van der Waals surface area contributed by atoms with Crippen LogP contribution in [-0.2, 0) is 7.05 Å². The second kappa shape index (κ2) is 7.63. The minimum absolute atomic E-state index is 0.130. The quantitative estimate of drug-likeness (QED) is 0.868. The molecule has 2 aromatic rings. The standard InChI is InChI=1S/C18H25N5O3/c1-12-7-9-26-15(12)18(25)23-8-5-3-4-6-13(10-23)20-17(24)14-11-22(2)21-16(14)19/h7,9,11,13H,3-6,8,10H2,1-2H3,(H2,19,21)(H,20,24). The number of carbonyl (C=O) groups is 2. The van der Waals surface area contributed by atoms with E-state index < -0.39 is 0 Å². The molecule has 8 heteroatoms. The van der Waals surface area contributed by atoms with E-state index in [-0.39, 0.29) is 23.7 Å². The lowest BCUT2D eigenvalue weighted by Gasteiger charge is -2.30. The van der Waals surface area contributed by atoms with Gasteiger partial charge in [-0.3, -0.25) is 14.3 Å². The van der Waals surface area contributed by atoms with Crippen LogP contribution in [-0.4, -0.2) is 45.6 Å². The van der Waals surface area contributed by atoms with E-state index in [1.54, 1.807) is 24.2 Å². The number of nitrogen functional groups attached to an aromatic ring is 1. The van der Waals surface area contributed by atoms with Crippen molar-refractivity contribution in [1.29, 1.82) is 0 Å². The first-order valence-corrected chi connectivity index (χ1v) is 8.89. The zero-order valence-corrected chi connectivity index (χ0v) is 15.2. The summed E-state index contributed by atoms with van der Waals surface area (Å²) in [5, 5.41) is 7.01. The van der Waals surface area contributed by atoms with Gasteiger partial charge in [-0.25, -0.2) is 0 Å². The summed E-state index contributed by atoms with van der Waals surface area (Å²) >= 11 is 0. The Morgan fingerprint density at radius 2 is 2.15 bits per heavy atom. The molecule has 0 spiro atoms. The lowest BCUT2D eigenvalue weighted by Crippen LogP contribution is -2.47. The number of amides is 2. The first-order chi connectivity index (χ1) is 12.5. The molecule has 0 aliphatic carbocycles. The van der Waals surface area contributed by atoms with Gasteiger partial charge in [-0.05, 0) is 25.8 Å². The molecule has 1 fully saturated rings. The Kier molecular flexibility index (Phi) is 5.29. The molecule has 1 saturated heterocycles. The Bertz CT molecular complexity index is 795. The van der Waals surface area contributed by atoms with Gasteiger partial charge >= 0.3 is 0 Å². The average molecular weight is 359 g/mol. The molecule has 2 amide bonds. The highest BCUT2D eigenvalue weighted by molar-refractivity contribution is 5.98. The SMILES string of the molecule is Cc1ccoc1C(=O)N1CCCCCC(NC(=O)c2cn(C)nc2N)C1. The molecule has 1 aliphatic rings. The van der Waals surface area contributed by atoms with Crippen molar-refractivity contribution >= 4 is 17.6 Å². The number of aryl methyl sites for hydroxylation is 2. The summed E-state index contributed by atoms with van der Waals surface area (Å²) in [6.07, 6.45) is 6.91. The molecule has 1 unspecified atom stereocenters. The van der Waals surface area contributed by atoms with Crippen LogP contribution < -0.4 is 11.1 Å². The third-order valence-corrected chi connectivity index (χ3v) is 4.70. The predicted molar refractivity (Wildman–Crippen MR) is 96.7 cm³/mol. The fourth-order valence-corrected chi connectivity index (χ4v) is 3.30. The third kappa shape index (κ3) is 3.89. The minimum atomic E-state index is -0.261. The molecular formula is C18H25N5O3. The maximum Gasteiger partial charge on any atom is 0.289 e. The normalized spacial score (nSPS) is 18.2. The van der Waals surface area contributed by atoms with Crippen molar-refractivity contribution in [2.24, 2.45) is 7.05 Å². The smallest absolute Gasteiger partial charge is 0.289 e. The first kappa shape index (κ1) is 18.0. The van der Waals surface area contributed by atoms with E-state index in [0.29, 0.717) is 24.4 Å². The maximum atomic E-state index is 12.8. The van der Waals surface area contributed by atoms with E-state index >= 15 is 0 Å². The van der Waals surface area contributed by atoms with Crippen LogP contribution in [0.5, 0.6) is 0 Å². The highest BCUT2D eigenvalue weighted by Gasteiger charge is 2.26. The van der Waals surface area contributed by atoms with Crippen LogP contribution in [0.2, 0.25) is 0 Å². The second-order valence-corrected chi connectivity index (χ2v) is 6.81. The fourth-order valence-electron chi connectivity index (χ4n) is 3.30. The number of furan rings is 1. The summed E-state index contributed by atoms with van der Waals surface area (Å²) in [7, 11) is 1.72. The topological polar surface area (TPSA) is 106 Å². The van der Waals surface area contributed by atoms with E-state index in [4.69, 9.17) is 10.2 Å². The maximum absolute atomic E-state index is 12.8. The highest BCUT2D eigenvalue weighted by atomic mass is 16.3. The van der Waals surface area contributed by atoms with E-state index in [1.165, 1.54) is 10.9 Å². The van der Waals surface area contributed by atoms with E-state index in [9.17, 15) is 9.59 Å². The van der Waals surface area contributed by atoms with Gasteiger partial charge in [0, 0.05) is 37.9 Å². The Morgan fingerprint density at radius 1 is 1.35 bits per heavy atom. The van der Waals surface area contributed by atoms with Gasteiger partial charge in [-0.15, -0.1) is 0 Å². The van der Waals surface area contributed by atoms with Crippen molar-refractivity contribution in [2.75, 3.05) is 18.8 Å². The molecule has 3 heterocycles. The monoisotopic (exact) mass is 359 g/mol. The van der Waals surface area contributed by atoms with Gasteiger partial charge in [-0.2, -0.15) is 5.10 Å². The molecule has 0 saturated carbocycles. The number of hydrogen-bond donors (Lipinski definition) is 2. The summed E-state index contributed by atoms with van der Waals surface area (Å²) in [5.74, 6) is 0.180. The average Bonchev–Trinajstić information content (AvgIpc) is 3.14. The van der Waals surface area contributed by atoms with Crippen molar-refractivity contribution < 1.29 is 14.0 Å². The zero-order chi connectivity index (χ0) is 18.7. The molecule has 1 atom stereocenters. The van der Waals surface area contributed by atoms with Crippen LogP contribution in [0.3, 0.4) is 0 Å². The van der Waals surface area contributed by atoms with Crippen LogP contribution in [0.1, 0.15) is 52.2 Å². The number of nitrogens with two attached hydrogens (primary N) is 1. The van der Waals surface area contributed by atoms with Gasteiger partial charge in [0.05, 0.1) is 6.26 Å². The molecule has 8 nitrogen and oxygen atoms in total. The number of aromatic nitrogens is 2. The summed E-state index contributed by atoms with van der Waals surface area (Å²) < 4.78 is 6.86. The third-order valence-electron chi connectivity index (χ3n) is 4.70. The van der Waals surface area contributed by atoms with Gasteiger partial charge in [0.2, 0.25) is 0 Å². The Labute approximate surface area is 152 Å². The molecule has 0 radical (unpaired) electrons. The molecule has 3 rings (SSSR count). The van der Waals surface area contributed by atoms with E-state index in [1.807, 2.05) is 6.92 Å². The van der Waals surface area contributed by atoms with Crippen molar-refractivity contribution in [1.82, 2.24) is 20.0 Å². The molecule has 3 N–H and O–H groups in total. The van der Waals surface area contributed by atoms with Crippen molar-refractivity contribution in [3.05, 3.63) is 35.4 Å². The number of rotatable bonds is 3. The van der Waals surface area contributed by atoms with Crippen molar-refractivity contribution in [3.63, 3.8) is 0 Å². The Hall–Kier alpha value is -2.77. The van der Waals surface area contributed by atoms with Crippen LogP contribution in [0.25, 0.3) is 0 Å². The van der Waals surface area contributed by atoms with Crippen molar-refractivity contribution in [2.45, 2.75) is 38.6 Å². The van der Waals surface area contributed by atoms with Gasteiger partial charge < -0.3 is 20.4 Å². The van der Waals surface area contributed by atoms with Crippen LogP contribution in [0.15, 0.2) is 22.9 Å². The second-order valence-electron chi connectivity index (χ2n) is 6.81. The molecule has 2 aromatic heterocycles. The summed E-state index contributed by atoms with van der Waals surface area (Å²) in [5.41, 5.74) is 6.97. The number of anilines is 1. The van der Waals surface area contributed by atoms with Gasteiger partial charge in [-0.1, -0.05) is 12.8 Å². The highest BCUT2D eigenvalue weighted by Crippen LogP contribution is 2.18. The number of hydrogen-bond acceptors (Lipinski definition) is 5. The molecule has 0 aromatic carbocycles. The fraction of sp³-hybridized carbons (Fsp3) is 0.500. The van der Waals surface area contributed by atoms with E-state index in [0.717, 1.165) is 31.2 Å². The molecular weight excluding hydrogens is 334 g/mol. The summed E-state index contributed by atoms with van der Waals surface area (Å²) in [4.78, 5) is 27.1. The van der Waals surface area contributed by atoms with Crippen LogP contribution in [0.4, 0.5) is 5.82 Å². The van der Waals surface area contributed by atoms with Crippen LogP contribution >= 0.6 is 0 Å². The molecule has 140 valence electrons. The lowest BCUT2D eigenvalue weighted by atomic mass is 10.0. The minimum Gasteiger partial charge on any atom is -0.459 e. The number of likely N-dealkylation sites (tertiary alicyclic amines) is 1. The lowest BCUT2D eigenvalue weighted by molar-refractivity contribution is 0.0676. The van der Waals surface area contributed by atoms with Crippen LogP contribution in [0, 0.1) is 6.92 Å². The zero-order valence-electron chi connectivity index (χ0n) is 15.2. The first-order valence-electron chi connectivity index (χ1n) is 8.89. The van der Waals surface area contributed by atoms with E-state index in [2.05, 4.69) is 10.4 Å².